The molecule has 1 aromatic rings. The van der Waals surface area contributed by atoms with Crippen molar-refractivity contribution in [1.82, 2.24) is 0 Å². The van der Waals surface area contributed by atoms with Crippen molar-refractivity contribution in [2.75, 3.05) is 0 Å². The first-order chi connectivity index (χ1) is 6.74. The molecule has 1 aliphatic rings. The number of hydrogen-bond acceptors (Lipinski definition) is 1. The summed E-state index contributed by atoms with van der Waals surface area (Å²) in [6, 6.07) is 5.13. The van der Waals surface area contributed by atoms with Gasteiger partial charge in [0.25, 0.3) is 0 Å². The van der Waals surface area contributed by atoms with Gasteiger partial charge in [-0.2, -0.15) is 0 Å². The molecule has 0 saturated heterocycles. The molecule has 3 heteroatoms. The van der Waals surface area contributed by atoms with Crippen LogP contribution >= 0.6 is 15.9 Å². The lowest BCUT2D eigenvalue weighted by Gasteiger charge is -2.04. The topological polar surface area (TPSA) is 17.1 Å². The standard InChI is InChI=1S/C11H8BrFO/c12-10(6-14)9-3-1-2-8(11(9)13)7-4-5-7/h1-3,7H,4-5H2. The quantitative estimate of drug-likeness (QED) is 0.741. The lowest BCUT2D eigenvalue weighted by molar-refractivity contribution is 0.569. The predicted molar refractivity (Wildman–Crippen MR) is 56.4 cm³/mol. The second-order valence-corrected chi connectivity index (χ2v) is 4.19. The third-order valence-electron chi connectivity index (χ3n) is 2.37. The third kappa shape index (κ3) is 1.66. The van der Waals surface area contributed by atoms with Crippen LogP contribution < -0.4 is 0 Å². The van der Waals surface area contributed by atoms with Gasteiger partial charge < -0.3 is 0 Å². The van der Waals surface area contributed by atoms with E-state index in [2.05, 4.69) is 15.9 Å². The maximum Gasteiger partial charge on any atom is 0.140 e. The summed E-state index contributed by atoms with van der Waals surface area (Å²) in [5, 5.41) is 0. The molecular formula is C11H8BrFO. The van der Waals surface area contributed by atoms with E-state index in [0.717, 1.165) is 18.4 Å². The van der Waals surface area contributed by atoms with Gasteiger partial charge in [0.15, 0.2) is 0 Å². The second-order valence-electron chi connectivity index (χ2n) is 3.40. The van der Waals surface area contributed by atoms with Crippen molar-refractivity contribution in [3.8, 4) is 0 Å². The molecule has 14 heavy (non-hydrogen) atoms. The van der Waals surface area contributed by atoms with Crippen LogP contribution in [0, 0.1) is 5.82 Å². The predicted octanol–water partition coefficient (Wildman–Crippen LogP) is 3.27. The van der Waals surface area contributed by atoms with Crippen molar-refractivity contribution in [2.45, 2.75) is 18.8 Å². The first-order valence-corrected chi connectivity index (χ1v) is 5.22. The van der Waals surface area contributed by atoms with Crippen LogP contribution in [-0.4, -0.2) is 5.94 Å². The molecule has 1 aliphatic carbocycles. The third-order valence-corrected chi connectivity index (χ3v) is 2.96. The fourth-order valence-electron chi connectivity index (χ4n) is 1.48. The van der Waals surface area contributed by atoms with Crippen molar-refractivity contribution in [2.24, 2.45) is 0 Å². The Morgan fingerprint density at radius 2 is 2.21 bits per heavy atom. The molecule has 0 aromatic heterocycles. The summed E-state index contributed by atoms with van der Waals surface area (Å²) in [4.78, 5) is 10.4. The van der Waals surface area contributed by atoms with E-state index in [0.29, 0.717) is 11.5 Å². The maximum atomic E-state index is 13.8. The summed E-state index contributed by atoms with van der Waals surface area (Å²) >= 11 is 2.99. The minimum absolute atomic E-state index is 0.150. The highest BCUT2D eigenvalue weighted by atomic mass is 79.9. The molecular weight excluding hydrogens is 247 g/mol. The van der Waals surface area contributed by atoms with Crippen LogP contribution in [0.2, 0.25) is 0 Å². The Morgan fingerprint density at radius 1 is 1.50 bits per heavy atom. The molecule has 0 N–H and O–H groups in total. The molecule has 1 nitrogen and oxygen atoms in total. The van der Waals surface area contributed by atoms with Gasteiger partial charge >= 0.3 is 0 Å². The largest absolute Gasteiger partial charge is 0.232 e. The molecule has 0 amide bonds. The van der Waals surface area contributed by atoms with Crippen LogP contribution in [0.1, 0.15) is 29.9 Å². The molecule has 1 saturated carbocycles. The Balaban J connectivity index is 2.51. The minimum Gasteiger partial charge on any atom is -0.232 e. The van der Waals surface area contributed by atoms with E-state index in [-0.39, 0.29) is 10.3 Å². The van der Waals surface area contributed by atoms with Crippen LogP contribution in [0.4, 0.5) is 4.39 Å². The summed E-state index contributed by atoms with van der Waals surface area (Å²) in [5.74, 6) is 1.71. The van der Waals surface area contributed by atoms with Gasteiger partial charge in [0, 0.05) is 5.56 Å². The molecule has 2 rings (SSSR count). The Kier molecular flexibility index (Phi) is 2.53. The van der Waals surface area contributed by atoms with Crippen LogP contribution in [0.5, 0.6) is 0 Å². The molecule has 0 heterocycles. The number of carbonyl (C=O) groups excluding carboxylic acids is 1. The Labute approximate surface area is 89.8 Å². The minimum atomic E-state index is -0.287. The van der Waals surface area contributed by atoms with Crippen LogP contribution in [0.15, 0.2) is 18.2 Å². The highest BCUT2D eigenvalue weighted by Gasteiger charge is 2.27. The maximum absolute atomic E-state index is 13.8. The zero-order valence-electron chi connectivity index (χ0n) is 7.39. The zero-order valence-corrected chi connectivity index (χ0v) is 8.97. The molecule has 0 aliphatic heterocycles. The summed E-state index contributed by atoms with van der Waals surface area (Å²) < 4.78 is 13.9. The van der Waals surface area contributed by atoms with E-state index < -0.39 is 0 Å². The monoisotopic (exact) mass is 254 g/mol. The Morgan fingerprint density at radius 3 is 2.79 bits per heavy atom. The van der Waals surface area contributed by atoms with E-state index >= 15 is 0 Å². The highest BCUT2D eigenvalue weighted by Crippen LogP contribution is 2.42. The number of hydrogen-bond donors (Lipinski definition) is 0. The van der Waals surface area contributed by atoms with Crippen molar-refractivity contribution in [3.63, 3.8) is 0 Å². The summed E-state index contributed by atoms with van der Waals surface area (Å²) in [6.07, 6.45) is 2.09. The summed E-state index contributed by atoms with van der Waals surface area (Å²) in [7, 11) is 0. The van der Waals surface area contributed by atoms with Crippen LogP contribution in [-0.2, 0) is 4.79 Å². The molecule has 1 aromatic carbocycles. The van der Waals surface area contributed by atoms with Gasteiger partial charge in [-0.15, -0.1) is 0 Å². The fraction of sp³-hybridized carbons (Fsp3) is 0.273. The second kappa shape index (κ2) is 3.68. The Hall–Kier alpha value is -0.920. The van der Waals surface area contributed by atoms with E-state index in [1.807, 2.05) is 0 Å². The van der Waals surface area contributed by atoms with E-state index in [1.54, 1.807) is 24.1 Å². The first-order valence-electron chi connectivity index (χ1n) is 4.43. The van der Waals surface area contributed by atoms with Gasteiger partial charge in [0.05, 0.1) is 0 Å². The van der Waals surface area contributed by atoms with E-state index in [1.165, 1.54) is 0 Å². The SMILES string of the molecule is O=C=C(Br)c1cccc(C2CC2)c1F. The average molecular weight is 255 g/mol. The molecule has 0 unspecified atom stereocenters. The molecule has 0 bridgehead atoms. The summed E-state index contributed by atoms with van der Waals surface area (Å²) in [5.41, 5.74) is 1.03. The van der Waals surface area contributed by atoms with Crippen molar-refractivity contribution in [1.29, 1.82) is 0 Å². The van der Waals surface area contributed by atoms with Crippen LogP contribution in [0.25, 0.3) is 4.48 Å². The van der Waals surface area contributed by atoms with Gasteiger partial charge in [0.1, 0.15) is 16.2 Å². The summed E-state index contributed by atoms with van der Waals surface area (Å²) in [6.45, 7) is 0. The lowest BCUT2D eigenvalue weighted by atomic mass is 10.1. The normalized spacial score (nSPS) is 15.0. The van der Waals surface area contributed by atoms with Gasteiger partial charge in [0.2, 0.25) is 0 Å². The van der Waals surface area contributed by atoms with Gasteiger partial charge in [-0.1, -0.05) is 18.2 Å². The molecule has 0 atom stereocenters. The fourth-order valence-corrected chi connectivity index (χ4v) is 1.79. The first kappa shape index (κ1) is 9.63. The highest BCUT2D eigenvalue weighted by molar-refractivity contribution is 9.15. The van der Waals surface area contributed by atoms with Gasteiger partial charge in [-0.05, 0) is 40.3 Å². The zero-order chi connectivity index (χ0) is 10.1. The number of rotatable bonds is 2. The molecule has 0 spiro atoms. The number of benzene rings is 1. The van der Waals surface area contributed by atoms with E-state index in [4.69, 9.17) is 0 Å². The van der Waals surface area contributed by atoms with Crippen LogP contribution in [0.3, 0.4) is 0 Å². The number of halogens is 2. The van der Waals surface area contributed by atoms with Gasteiger partial charge in [-0.3, -0.25) is 0 Å². The van der Waals surface area contributed by atoms with Crippen molar-refractivity contribution < 1.29 is 9.18 Å². The lowest BCUT2D eigenvalue weighted by Crippen LogP contribution is -1.92. The molecule has 0 radical (unpaired) electrons. The molecule has 72 valence electrons. The van der Waals surface area contributed by atoms with Gasteiger partial charge in [-0.25, -0.2) is 9.18 Å². The van der Waals surface area contributed by atoms with E-state index in [9.17, 15) is 9.18 Å². The van der Waals surface area contributed by atoms with Crippen molar-refractivity contribution >= 4 is 26.4 Å². The smallest absolute Gasteiger partial charge is 0.140 e. The average Bonchev–Trinajstić information content (AvgIpc) is 3.01. The Bertz CT molecular complexity index is 417. The van der Waals surface area contributed by atoms with Crippen molar-refractivity contribution in [3.05, 3.63) is 35.1 Å². The molecule has 1 fully saturated rings.